The number of aldehydes is 1. The van der Waals surface area contributed by atoms with Gasteiger partial charge in [-0.3, -0.25) is 4.79 Å². The van der Waals surface area contributed by atoms with Gasteiger partial charge >= 0.3 is 5.97 Å². The summed E-state index contributed by atoms with van der Waals surface area (Å²) < 4.78 is 18.0. The second kappa shape index (κ2) is 13.4. The number of hydrogen-bond donors (Lipinski definition) is 0. The van der Waals surface area contributed by atoms with Crippen molar-refractivity contribution in [3.8, 4) is 0 Å². The maximum absolute atomic E-state index is 11.3. The third-order valence-corrected chi connectivity index (χ3v) is 12.2. The van der Waals surface area contributed by atoms with E-state index in [0.717, 1.165) is 51.2 Å². The second-order valence-corrected chi connectivity index (χ2v) is 17.1. The minimum absolute atomic E-state index is 0.0838. The summed E-state index contributed by atoms with van der Waals surface area (Å²) in [4.78, 5) is 22.5. The smallest absolute Gasteiger partial charge is 0.305 e. The molecule has 4 atom stereocenters. The molecule has 7 heteroatoms. The van der Waals surface area contributed by atoms with Crippen LogP contribution in [-0.4, -0.2) is 52.4 Å². The Labute approximate surface area is 195 Å². The minimum atomic E-state index is -1.90. The van der Waals surface area contributed by atoms with E-state index in [4.69, 9.17) is 13.3 Å². The van der Waals surface area contributed by atoms with Crippen LogP contribution in [-0.2, 0) is 34.1 Å². The van der Waals surface area contributed by atoms with E-state index in [9.17, 15) is 9.59 Å². The van der Waals surface area contributed by atoms with Gasteiger partial charge in [-0.25, -0.2) is 0 Å². The Balaban J connectivity index is 2.82. The molecule has 5 nitrogen and oxygen atoms in total. The van der Waals surface area contributed by atoms with Crippen LogP contribution in [0.2, 0.25) is 18.1 Å². The summed E-state index contributed by atoms with van der Waals surface area (Å²) in [5.74, 6) is 0.690. The molecule has 0 heterocycles. The van der Waals surface area contributed by atoms with E-state index in [0.29, 0.717) is 24.7 Å². The van der Waals surface area contributed by atoms with Crippen molar-refractivity contribution < 1.29 is 22.9 Å². The predicted octanol–water partition coefficient (Wildman–Crippen LogP) is 5.68. The summed E-state index contributed by atoms with van der Waals surface area (Å²) in [7, 11) is -0.455. The second-order valence-electron chi connectivity index (χ2n) is 10.6. The molecular formula is C24H47O5SSi+. The molecule has 1 rings (SSSR count). The van der Waals surface area contributed by atoms with Crippen molar-refractivity contribution >= 4 is 31.7 Å². The van der Waals surface area contributed by atoms with Crippen LogP contribution < -0.4 is 0 Å². The average Bonchev–Trinajstić information content (AvgIpc) is 2.96. The zero-order valence-electron chi connectivity index (χ0n) is 21.2. The monoisotopic (exact) mass is 475 g/mol. The van der Waals surface area contributed by atoms with Crippen molar-refractivity contribution in [3.05, 3.63) is 0 Å². The Kier molecular flexibility index (Phi) is 12.4. The molecule has 1 fully saturated rings. The molecule has 1 aliphatic rings. The average molecular weight is 476 g/mol. The van der Waals surface area contributed by atoms with Gasteiger partial charge in [0.2, 0.25) is 0 Å². The van der Waals surface area contributed by atoms with Gasteiger partial charge in [-0.15, -0.1) is 0 Å². The lowest BCUT2D eigenvalue weighted by atomic mass is 9.85. The number of hydrogen-bond acceptors (Lipinski definition) is 5. The highest BCUT2D eigenvalue weighted by Gasteiger charge is 2.49. The first kappa shape index (κ1) is 28.7. The van der Waals surface area contributed by atoms with E-state index in [1.165, 1.54) is 7.11 Å². The Morgan fingerprint density at radius 1 is 1.03 bits per heavy atom. The number of carbonyl (C=O) groups is 2. The number of esters is 1. The minimum Gasteiger partial charge on any atom is -0.469 e. The molecule has 0 spiro atoms. The maximum atomic E-state index is 11.3. The third-order valence-electron chi connectivity index (χ3n) is 7.05. The highest BCUT2D eigenvalue weighted by Crippen LogP contribution is 2.46. The van der Waals surface area contributed by atoms with E-state index in [1.54, 1.807) is 0 Å². The van der Waals surface area contributed by atoms with Gasteiger partial charge in [-0.1, -0.05) is 40.0 Å². The van der Waals surface area contributed by atoms with Crippen molar-refractivity contribution in [2.45, 2.75) is 109 Å². The van der Waals surface area contributed by atoms with Crippen molar-refractivity contribution in [1.82, 2.24) is 0 Å². The molecule has 31 heavy (non-hydrogen) atoms. The highest BCUT2D eigenvalue weighted by molar-refractivity contribution is 7.90. The van der Waals surface area contributed by atoms with E-state index in [-0.39, 0.29) is 34.4 Å². The molecule has 0 aliphatic heterocycles. The Morgan fingerprint density at radius 2 is 1.65 bits per heavy atom. The first-order valence-electron chi connectivity index (χ1n) is 11.9. The third kappa shape index (κ3) is 9.56. The number of carbonyl (C=O) groups excluding carboxylic acids is 2. The summed E-state index contributed by atoms with van der Waals surface area (Å²) in [6.45, 7) is 11.5. The fourth-order valence-corrected chi connectivity index (χ4v) is 6.44. The van der Waals surface area contributed by atoms with E-state index in [2.05, 4.69) is 46.4 Å². The van der Waals surface area contributed by atoms with Gasteiger partial charge in [0.25, 0.3) is 0 Å². The van der Waals surface area contributed by atoms with Gasteiger partial charge in [0.05, 0.1) is 13.2 Å². The fourth-order valence-electron chi connectivity index (χ4n) is 4.34. The summed E-state index contributed by atoms with van der Waals surface area (Å²) >= 11 is -0.0838. The summed E-state index contributed by atoms with van der Waals surface area (Å²) in [6, 6.07) is 0. The molecule has 0 amide bonds. The topological polar surface area (TPSA) is 61.8 Å². The van der Waals surface area contributed by atoms with Crippen LogP contribution in [0.15, 0.2) is 0 Å². The summed E-state index contributed by atoms with van der Waals surface area (Å²) in [6.07, 6.45) is 13.9. The van der Waals surface area contributed by atoms with Crippen LogP contribution in [0.3, 0.4) is 0 Å². The quantitative estimate of drug-likeness (QED) is 0.106. The molecule has 0 aromatic rings. The Bertz CT molecular complexity index is 547. The molecule has 0 aromatic carbocycles. The van der Waals surface area contributed by atoms with Crippen LogP contribution in [0.5, 0.6) is 0 Å². The van der Waals surface area contributed by atoms with Gasteiger partial charge in [-0.2, -0.15) is 4.18 Å². The number of methoxy groups -OCH3 is 1. The normalized spacial score (nSPS) is 24.5. The molecule has 1 aliphatic carbocycles. The highest BCUT2D eigenvalue weighted by atomic mass is 32.2. The van der Waals surface area contributed by atoms with Gasteiger partial charge < -0.3 is 14.0 Å². The first-order valence-corrected chi connectivity index (χ1v) is 16.7. The number of rotatable bonds is 14. The lowest BCUT2D eigenvalue weighted by Crippen LogP contribution is -2.45. The zero-order valence-corrected chi connectivity index (χ0v) is 23.0. The first-order chi connectivity index (χ1) is 14.4. The number of unbranched alkanes of at least 4 members (excludes halogenated alkanes) is 3. The molecule has 182 valence electrons. The molecule has 0 radical (unpaired) electrons. The SMILES string of the molecule is COC(=O)CCCCCC[C@H]1C(O[S+](C)C)CC(O[Si](C)(C)C(C)(C)C)C1CCC=O. The van der Waals surface area contributed by atoms with Crippen molar-refractivity contribution in [1.29, 1.82) is 0 Å². The maximum Gasteiger partial charge on any atom is 0.305 e. The molecule has 0 aromatic heterocycles. The van der Waals surface area contributed by atoms with Gasteiger partial charge in [0.1, 0.15) is 36.1 Å². The van der Waals surface area contributed by atoms with Crippen molar-refractivity contribution in [3.63, 3.8) is 0 Å². The van der Waals surface area contributed by atoms with Gasteiger partial charge in [0, 0.05) is 19.3 Å². The zero-order chi connectivity index (χ0) is 23.7. The molecule has 0 N–H and O–H groups in total. The Hall–Kier alpha value is -0.373. The van der Waals surface area contributed by atoms with E-state index < -0.39 is 8.32 Å². The molecular weight excluding hydrogens is 428 g/mol. The van der Waals surface area contributed by atoms with Gasteiger partial charge in [0.15, 0.2) is 8.32 Å². The summed E-state index contributed by atoms with van der Waals surface area (Å²) in [5.41, 5.74) is 0. The summed E-state index contributed by atoms with van der Waals surface area (Å²) in [5, 5.41) is 0.163. The van der Waals surface area contributed by atoms with Crippen LogP contribution >= 0.6 is 0 Å². The molecule has 3 unspecified atom stereocenters. The van der Waals surface area contributed by atoms with Crippen molar-refractivity contribution in [2.75, 3.05) is 19.6 Å². The van der Waals surface area contributed by atoms with Crippen LogP contribution in [0.25, 0.3) is 0 Å². The van der Waals surface area contributed by atoms with Crippen LogP contribution in [0.4, 0.5) is 0 Å². The lowest BCUT2D eigenvalue weighted by Gasteiger charge is -2.40. The molecule has 0 bridgehead atoms. The van der Waals surface area contributed by atoms with E-state index >= 15 is 0 Å². The number of ether oxygens (including phenoxy) is 1. The fraction of sp³-hybridized carbons (Fsp3) is 0.917. The van der Waals surface area contributed by atoms with Gasteiger partial charge in [-0.05, 0) is 49.2 Å². The van der Waals surface area contributed by atoms with Crippen molar-refractivity contribution in [2.24, 2.45) is 11.8 Å². The predicted molar refractivity (Wildman–Crippen MR) is 133 cm³/mol. The molecule has 1 saturated carbocycles. The Morgan fingerprint density at radius 3 is 2.19 bits per heavy atom. The van der Waals surface area contributed by atoms with Crippen LogP contribution in [0, 0.1) is 11.8 Å². The standard InChI is InChI=1S/C24H47O5SSi/c1-24(2,3)31(7,8)29-22-18-21(28-30(5)6)19(20(22)15-13-17-25)14-11-9-10-12-16-23(26)27-4/h17,19-22H,9-16,18H2,1-8H3/q+1/t19-,20?,21?,22?/m1/s1. The lowest BCUT2D eigenvalue weighted by molar-refractivity contribution is -0.140. The van der Waals surface area contributed by atoms with Crippen LogP contribution in [0.1, 0.15) is 78.6 Å². The largest absolute Gasteiger partial charge is 0.469 e. The van der Waals surface area contributed by atoms with E-state index in [1.807, 2.05) is 0 Å². The molecule has 0 saturated heterocycles.